The van der Waals surface area contributed by atoms with Gasteiger partial charge in [0.1, 0.15) is 17.5 Å². The number of nitrogens with two attached hydrogens (primary N) is 2. The van der Waals surface area contributed by atoms with Gasteiger partial charge in [0.05, 0.1) is 6.07 Å². The lowest BCUT2D eigenvalue weighted by atomic mass is 9.71. The zero-order chi connectivity index (χ0) is 12.1. The quantitative estimate of drug-likeness (QED) is 0.526. The predicted octanol–water partition coefficient (Wildman–Crippen LogP) is -1.12. The van der Waals surface area contributed by atoms with Gasteiger partial charge in [-0.3, -0.25) is 4.79 Å². The topological polar surface area (TPSA) is 138 Å². The summed E-state index contributed by atoms with van der Waals surface area (Å²) >= 11 is 0. The molecule has 2 aliphatic rings. The third-order valence-corrected chi connectivity index (χ3v) is 2.94. The molecule has 2 atom stereocenters. The molecule has 0 aromatic heterocycles. The summed E-state index contributed by atoms with van der Waals surface area (Å²) in [6.07, 6.45) is 0. The van der Waals surface area contributed by atoms with E-state index in [1.807, 2.05) is 6.07 Å². The second-order valence-electron chi connectivity index (χ2n) is 3.65. The van der Waals surface area contributed by atoms with Gasteiger partial charge in [0.2, 0.25) is 16.9 Å². The fraction of sp³-hybridized carbons (Fsp3) is 0.333. The fourth-order valence-corrected chi connectivity index (χ4v) is 2.01. The summed E-state index contributed by atoms with van der Waals surface area (Å²) in [6, 6.07) is 3.58. The summed E-state index contributed by atoms with van der Waals surface area (Å²) in [6.45, 7) is 1.35. The Labute approximate surface area is 90.6 Å². The third-order valence-electron chi connectivity index (χ3n) is 2.94. The van der Waals surface area contributed by atoms with Gasteiger partial charge in [0.25, 0.3) is 5.91 Å². The van der Waals surface area contributed by atoms with Crippen LogP contribution in [-0.4, -0.2) is 17.3 Å². The van der Waals surface area contributed by atoms with Crippen molar-refractivity contribution in [3.63, 3.8) is 0 Å². The number of carbonyl (C=O) groups excluding carboxylic acids is 1. The Balaban J connectivity index is 2.80. The van der Waals surface area contributed by atoms with Gasteiger partial charge in [0, 0.05) is 0 Å². The molecule has 0 aliphatic carbocycles. The van der Waals surface area contributed by atoms with Crippen molar-refractivity contribution in [1.29, 1.82) is 10.5 Å². The van der Waals surface area contributed by atoms with E-state index >= 15 is 0 Å². The van der Waals surface area contributed by atoms with Crippen LogP contribution in [0.2, 0.25) is 0 Å². The highest BCUT2D eigenvalue weighted by atomic mass is 16.5. The normalized spacial score (nSPS) is 36.2. The average Bonchev–Trinajstić information content (AvgIpc) is 2.56. The molecule has 0 spiro atoms. The minimum absolute atomic E-state index is 0.162. The van der Waals surface area contributed by atoms with Gasteiger partial charge in [-0.05, 0) is 6.92 Å². The van der Waals surface area contributed by atoms with E-state index in [1.165, 1.54) is 6.92 Å². The van der Waals surface area contributed by atoms with E-state index in [9.17, 15) is 10.1 Å². The van der Waals surface area contributed by atoms with Crippen molar-refractivity contribution in [3.05, 3.63) is 11.5 Å². The summed E-state index contributed by atoms with van der Waals surface area (Å²) in [5, 5.41) is 18.2. The number of fused-ring (bicyclic) bond motifs is 1. The Morgan fingerprint density at radius 1 is 1.44 bits per heavy atom. The van der Waals surface area contributed by atoms with E-state index in [-0.39, 0.29) is 17.3 Å². The minimum Gasteiger partial charge on any atom is -0.459 e. The van der Waals surface area contributed by atoms with Crippen LogP contribution in [0.15, 0.2) is 16.4 Å². The number of nitriles is 2. The smallest absolute Gasteiger partial charge is 0.293 e. The van der Waals surface area contributed by atoms with Gasteiger partial charge >= 0.3 is 0 Å². The van der Waals surface area contributed by atoms with Crippen molar-refractivity contribution in [1.82, 2.24) is 0 Å². The molecule has 0 aromatic carbocycles. The Kier molecular flexibility index (Phi) is 1.58. The molecule has 7 heteroatoms. The largest absolute Gasteiger partial charge is 0.459 e. The van der Waals surface area contributed by atoms with Crippen molar-refractivity contribution in [2.45, 2.75) is 12.5 Å². The number of amidine groups is 1. The lowest BCUT2D eigenvalue weighted by molar-refractivity contribution is -0.136. The Morgan fingerprint density at radius 2 is 2.06 bits per heavy atom. The van der Waals surface area contributed by atoms with E-state index < -0.39 is 16.9 Å². The molecule has 16 heavy (non-hydrogen) atoms. The van der Waals surface area contributed by atoms with Crippen molar-refractivity contribution < 1.29 is 9.53 Å². The summed E-state index contributed by atoms with van der Waals surface area (Å²) in [5.41, 5.74) is 7.55. The number of hydrogen-bond acceptors (Lipinski definition) is 6. The van der Waals surface area contributed by atoms with Gasteiger partial charge in [-0.1, -0.05) is 0 Å². The number of carbonyl (C=O) groups is 1. The molecule has 80 valence electrons. The molecule has 0 saturated heterocycles. The SMILES string of the molecule is C[C@@]12OC(N)=C(C#N)[C@]1(C#N)C(N)=NC2=O. The molecule has 0 radical (unpaired) electrons. The van der Waals surface area contributed by atoms with Crippen LogP contribution < -0.4 is 11.5 Å². The Morgan fingerprint density at radius 3 is 2.56 bits per heavy atom. The summed E-state index contributed by atoms with van der Waals surface area (Å²) in [7, 11) is 0. The molecular formula is C9H7N5O2. The fourth-order valence-electron chi connectivity index (χ4n) is 2.01. The monoisotopic (exact) mass is 217 g/mol. The van der Waals surface area contributed by atoms with Crippen molar-refractivity contribution in [3.8, 4) is 12.1 Å². The zero-order valence-electron chi connectivity index (χ0n) is 8.31. The predicted molar refractivity (Wildman–Crippen MR) is 51.0 cm³/mol. The molecule has 0 fully saturated rings. The van der Waals surface area contributed by atoms with Crippen molar-refractivity contribution >= 4 is 11.7 Å². The van der Waals surface area contributed by atoms with E-state index in [4.69, 9.17) is 21.5 Å². The zero-order valence-corrected chi connectivity index (χ0v) is 8.31. The standard InChI is InChI=1S/C9H7N5O2/c1-8-7(15)14-6(13)9(8,3-11)4(2-10)5(12)16-8/h12H2,1H3,(H2,13,14,15)/t8-,9+/m0/s1. The van der Waals surface area contributed by atoms with E-state index in [0.29, 0.717) is 0 Å². The maximum Gasteiger partial charge on any atom is 0.293 e. The molecule has 4 N–H and O–H groups in total. The van der Waals surface area contributed by atoms with Gasteiger partial charge in [0.15, 0.2) is 0 Å². The molecule has 7 nitrogen and oxygen atoms in total. The molecular weight excluding hydrogens is 210 g/mol. The highest BCUT2D eigenvalue weighted by Crippen LogP contribution is 2.51. The minimum atomic E-state index is -1.69. The van der Waals surface area contributed by atoms with Gasteiger partial charge in [-0.2, -0.15) is 15.5 Å². The summed E-state index contributed by atoms with van der Waals surface area (Å²) in [5.74, 6) is -1.21. The first-order valence-electron chi connectivity index (χ1n) is 4.33. The van der Waals surface area contributed by atoms with Crippen LogP contribution in [0.4, 0.5) is 0 Å². The molecule has 0 saturated carbocycles. The highest BCUT2D eigenvalue weighted by Gasteiger charge is 2.70. The van der Waals surface area contributed by atoms with Crippen LogP contribution in [-0.2, 0) is 9.53 Å². The second kappa shape index (κ2) is 2.52. The lowest BCUT2D eigenvalue weighted by Gasteiger charge is -2.27. The van der Waals surface area contributed by atoms with E-state index in [1.54, 1.807) is 6.07 Å². The van der Waals surface area contributed by atoms with Gasteiger partial charge < -0.3 is 16.2 Å². The highest BCUT2D eigenvalue weighted by molar-refractivity contribution is 6.14. The van der Waals surface area contributed by atoms with Crippen LogP contribution in [0.3, 0.4) is 0 Å². The average molecular weight is 217 g/mol. The Hall–Kier alpha value is -2.54. The van der Waals surface area contributed by atoms with Crippen molar-refractivity contribution in [2.24, 2.45) is 21.9 Å². The molecule has 2 heterocycles. The van der Waals surface area contributed by atoms with Crippen LogP contribution in [0.1, 0.15) is 6.92 Å². The first-order chi connectivity index (χ1) is 7.44. The Bertz CT molecular complexity index is 549. The van der Waals surface area contributed by atoms with Crippen LogP contribution in [0.25, 0.3) is 0 Å². The molecule has 2 rings (SSSR count). The van der Waals surface area contributed by atoms with Gasteiger partial charge in [-0.15, -0.1) is 0 Å². The first kappa shape index (κ1) is 9.99. The maximum absolute atomic E-state index is 11.6. The number of aliphatic imine (C=N–C) groups is 1. The molecule has 1 amide bonds. The van der Waals surface area contributed by atoms with Crippen LogP contribution in [0.5, 0.6) is 0 Å². The molecule has 2 aliphatic heterocycles. The number of rotatable bonds is 0. The molecule has 0 bridgehead atoms. The number of amides is 1. The van der Waals surface area contributed by atoms with Crippen LogP contribution >= 0.6 is 0 Å². The lowest BCUT2D eigenvalue weighted by Crippen LogP contribution is -2.50. The second-order valence-corrected chi connectivity index (χ2v) is 3.65. The number of nitrogens with zero attached hydrogens (tertiary/aromatic N) is 3. The van der Waals surface area contributed by atoms with Gasteiger partial charge in [-0.25, -0.2) is 0 Å². The van der Waals surface area contributed by atoms with E-state index in [2.05, 4.69) is 4.99 Å². The summed E-state index contributed by atoms with van der Waals surface area (Å²) < 4.78 is 5.12. The van der Waals surface area contributed by atoms with Crippen molar-refractivity contribution in [2.75, 3.05) is 0 Å². The number of hydrogen-bond donors (Lipinski definition) is 2. The molecule has 0 aromatic rings. The molecule has 0 unspecified atom stereocenters. The number of ether oxygens (including phenoxy) is 1. The van der Waals surface area contributed by atoms with Crippen LogP contribution in [0, 0.1) is 28.1 Å². The van der Waals surface area contributed by atoms with E-state index in [0.717, 1.165) is 0 Å². The maximum atomic E-state index is 11.6. The first-order valence-corrected chi connectivity index (χ1v) is 4.33. The summed E-state index contributed by atoms with van der Waals surface area (Å²) in [4.78, 5) is 15.1. The third kappa shape index (κ3) is 0.695.